The van der Waals surface area contributed by atoms with Gasteiger partial charge in [0.15, 0.2) is 0 Å². The summed E-state index contributed by atoms with van der Waals surface area (Å²) in [5.41, 5.74) is 3.86. The van der Waals surface area contributed by atoms with Gasteiger partial charge in [-0.05, 0) is 53.6 Å². The Labute approximate surface area is 98.2 Å². The maximum absolute atomic E-state index is 5.45. The lowest BCUT2D eigenvalue weighted by Crippen LogP contribution is -2.47. The fourth-order valence-corrected chi connectivity index (χ4v) is 4.47. The van der Waals surface area contributed by atoms with E-state index in [1.807, 2.05) is 12.5 Å². The summed E-state index contributed by atoms with van der Waals surface area (Å²) in [6.45, 7) is 7.38. The third-order valence-corrected chi connectivity index (χ3v) is 5.29. The van der Waals surface area contributed by atoms with Gasteiger partial charge in [0.2, 0.25) is 0 Å². The van der Waals surface area contributed by atoms with Gasteiger partial charge in [-0.2, -0.15) is 0 Å². The first-order valence-electron chi connectivity index (χ1n) is 6.60. The van der Waals surface area contributed by atoms with E-state index in [2.05, 4.69) is 20.8 Å². The Morgan fingerprint density at radius 1 is 1.19 bits per heavy atom. The molecule has 2 atom stereocenters. The molecule has 0 aromatic carbocycles. The topological polar surface area (TPSA) is 13.1 Å². The van der Waals surface area contributed by atoms with Crippen molar-refractivity contribution in [3.63, 3.8) is 0 Å². The predicted molar refractivity (Wildman–Crippen MR) is 65.5 cm³/mol. The van der Waals surface area contributed by atoms with Crippen LogP contribution in [-0.4, -0.2) is 0 Å². The van der Waals surface area contributed by atoms with Crippen molar-refractivity contribution < 1.29 is 4.42 Å². The van der Waals surface area contributed by atoms with Crippen LogP contribution in [0, 0.1) is 11.3 Å². The molecule has 1 aromatic heterocycles. The molecule has 88 valence electrons. The Morgan fingerprint density at radius 2 is 2.00 bits per heavy atom. The van der Waals surface area contributed by atoms with Gasteiger partial charge < -0.3 is 4.42 Å². The molecule has 1 saturated carbocycles. The van der Waals surface area contributed by atoms with Crippen LogP contribution in [0.4, 0.5) is 0 Å². The van der Waals surface area contributed by atoms with Gasteiger partial charge in [0.05, 0.1) is 12.5 Å². The smallest absolute Gasteiger partial charge is 0.0943 e. The first-order valence-corrected chi connectivity index (χ1v) is 6.60. The van der Waals surface area contributed by atoms with Crippen LogP contribution in [0.25, 0.3) is 0 Å². The van der Waals surface area contributed by atoms with Crippen LogP contribution in [-0.2, 0) is 11.8 Å². The third kappa shape index (κ3) is 1.23. The van der Waals surface area contributed by atoms with E-state index in [0.717, 1.165) is 5.92 Å². The van der Waals surface area contributed by atoms with Crippen molar-refractivity contribution in [2.45, 2.75) is 58.3 Å². The maximum atomic E-state index is 5.45. The van der Waals surface area contributed by atoms with Gasteiger partial charge in [0.25, 0.3) is 0 Å². The quantitative estimate of drug-likeness (QED) is 0.632. The lowest BCUT2D eigenvalue weighted by atomic mass is 9.51. The molecule has 1 aromatic rings. The van der Waals surface area contributed by atoms with Crippen LogP contribution in [0.5, 0.6) is 0 Å². The summed E-state index contributed by atoms with van der Waals surface area (Å²) < 4.78 is 5.45. The summed E-state index contributed by atoms with van der Waals surface area (Å²) in [4.78, 5) is 0. The number of rotatable bonds is 0. The molecular formula is C15H22O. The summed E-state index contributed by atoms with van der Waals surface area (Å²) in [5.74, 6) is 0.832. The molecule has 16 heavy (non-hydrogen) atoms. The van der Waals surface area contributed by atoms with Crippen molar-refractivity contribution >= 4 is 0 Å². The summed E-state index contributed by atoms with van der Waals surface area (Å²) >= 11 is 0. The van der Waals surface area contributed by atoms with Crippen molar-refractivity contribution in [1.82, 2.24) is 0 Å². The van der Waals surface area contributed by atoms with Crippen molar-refractivity contribution in [3.05, 3.63) is 23.7 Å². The van der Waals surface area contributed by atoms with Crippen LogP contribution >= 0.6 is 0 Å². The minimum atomic E-state index is 0.377. The molecule has 1 fully saturated rings. The van der Waals surface area contributed by atoms with Crippen molar-refractivity contribution in [2.75, 3.05) is 0 Å². The summed E-state index contributed by atoms with van der Waals surface area (Å²) in [6.07, 6.45) is 10.6. The first kappa shape index (κ1) is 10.4. The zero-order valence-corrected chi connectivity index (χ0v) is 10.7. The van der Waals surface area contributed by atoms with Gasteiger partial charge in [0.1, 0.15) is 0 Å². The highest BCUT2D eigenvalue weighted by molar-refractivity contribution is 5.35. The standard InChI is InChI=1S/C15H22O/c1-14(2)7-4-8-15(3)12-10-16-9-11(12)5-6-13(14)15/h9-10,13H,4-8H2,1-3H3/t13-,15?/m0/s1. The second-order valence-corrected chi connectivity index (χ2v) is 6.66. The molecule has 1 nitrogen and oxygen atoms in total. The zero-order chi connectivity index (χ0) is 11.4. The monoisotopic (exact) mass is 218 g/mol. The highest BCUT2D eigenvalue weighted by Gasteiger charge is 2.50. The van der Waals surface area contributed by atoms with Gasteiger partial charge >= 0.3 is 0 Å². The lowest BCUT2D eigenvalue weighted by Gasteiger charge is -2.53. The average Bonchev–Trinajstić information content (AvgIpc) is 2.65. The third-order valence-electron chi connectivity index (χ3n) is 5.29. The van der Waals surface area contributed by atoms with E-state index >= 15 is 0 Å². The molecular weight excluding hydrogens is 196 g/mol. The molecule has 0 bridgehead atoms. The van der Waals surface area contributed by atoms with Crippen LogP contribution in [0.1, 0.15) is 57.6 Å². The van der Waals surface area contributed by atoms with Crippen molar-refractivity contribution in [1.29, 1.82) is 0 Å². The Bertz CT molecular complexity index is 401. The van der Waals surface area contributed by atoms with Gasteiger partial charge in [-0.1, -0.05) is 27.2 Å². The van der Waals surface area contributed by atoms with Gasteiger partial charge in [-0.25, -0.2) is 0 Å². The molecule has 2 aliphatic rings. The summed E-state index contributed by atoms with van der Waals surface area (Å²) in [7, 11) is 0. The highest BCUT2D eigenvalue weighted by Crippen LogP contribution is 2.57. The average molecular weight is 218 g/mol. The molecule has 1 unspecified atom stereocenters. The minimum absolute atomic E-state index is 0.377. The van der Waals surface area contributed by atoms with E-state index in [0.29, 0.717) is 10.8 Å². The Morgan fingerprint density at radius 3 is 2.81 bits per heavy atom. The van der Waals surface area contributed by atoms with Crippen LogP contribution in [0.15, 0.2) is 16.9 Å². The van der Waals surface area contributed by atoms with E-state index in [4.69, 9.17) is 4.42 Å². The fraction of sp³-hybridized carbons (Fsp3) is 0.733. The van der Waals surface area contributed by atoms with E-state index in [9.17, 15) is 0 Å². The molecule has 0 N–H and O–H groups in total. The number of hydrogen-bond donors (Lipinski definition) is 0. The van der Waals surface area contributed by atoms with E-state index in [-0.39, 0.29) is 0 Å². The molecule has 1 heteroatoms. The normalized spacial score (nSPS) is 36.6. The Kier molecular flexibility index (Phi) is 2.05. The molecule has 0 spiro atoms. The van der Waals surface area contributed by atoms with Gasteiger partial charge in [-0.3, -0.25) is 0 Å². The van der Waals surface area contributed by atoms with Gasteiger partial charge in [0, 0.05) is 0 Å². The molecule has 1 heterocycles. The Hall–Kier alpha value is -0.720. The minimum Gasteiger partial charge on any atom is -0.472 e. The number of aryl methyl sites for hydroxylation is 1. The number of hydrogen-bond acceptors (Lipinski definition) is 1. The second kappa shape index (κ2) is 3.15. The first-order chi connectivity index (χ1) is 7.54. The summed E-state index contributed by atoms with van der Waals surface area (Å²) in [5, 5.41) is 0. The largest absolute Gasteiger partial charge is 0.472 e. The lowest BCUT2D eigenvalue weighted by molar-refractivity contribution is 0.0409. The molecule has 0 aliphatic heterocycles. The van der Waals surface area contributed by atoms with E-state index in [1.165, 1.54) is 43.2 Å². The Balaban J connectivity index is 2.09. The molecule has 0 radical (unpaired) electrons. The molecule has 0 saturated heterocycles. The SMILES string of the molecule is CC1(C)CCCC2(C)c3cocc3CC[C@@H]12. The molecule has 3 rings (SSSR count). The maximum Gasteiger partial charge on any atom is 0.0943 e. The fourth-order valence-electron chi connectivity index (χ4n) is 4.47. The van der Waals surface area contributed by atoms with Crippen LogP contribution in [0.3, 0.4) is 0 Å². The van der Waals surface area contributed by atoms with E-state index in [1.54, 1.807) is 0 Å². The zero-order valence-electron chi connectivity index (χ0n) is 10.7. The number of furan rings is 1. The molecule has 0 amide bonds. The molecule has 2 aliphatic carbocycles. The predicted octanol–water partition coefficient (Wildman–Crippen LogP) is 4.31. The second-order valence-electron chi connectivity index (χ2n) is 6.66. The summed E-state index contributed by atoms with van der Waals surface area (Å²) in [6, 6.07) is 0. The van der Waals surface area contributed by atoms with Crippen LogP contribution < -0.4 is 0 Å². The van der Waals surface area contributed by atoms with Crippen molar-refractivity contribution in [2.24, 2.45) is 11.3 Å². The van der Waals surface area contributed by atoms with Crippen LogP contribution in [0.2, 0.25) is 0 Å². The number of fused-ring (bicyclic) bond motifs is 3. The van der Waals surface area contributed by atoms with Crippen molar-refractivity contribution in [3.8, 4) is 0 Å². The van der Waals surface area contributed by atoms with Gasteiger partial charge in [-0.15, -0.1) is 0 Å². The van der Waals surface area contributed by atoms with E-state index < -0.39 is 0 Å². The highest BCUT2D eigenvalue weighted by atomic mass is 16.3.